The van der Waals surface area contributed by atoms with Crippen molar-refractivity contribution in [1.29, 1.82) is 0 Å². The normalized spacial score (nSPS) is 16.4. The van der Waals surface area contributed by atoms with E-state index >= 15 is 0 Å². The summed E-state index contributed by atoms with van der Waals surface area (Å²) in [5.41, 5.74) is 7.91. The van der Waals surface area contributed by atoms with E-state index in [1.807, 2.05) is 12.1 Å². The van der Waals surface area contributed by atoms with Crippen molar-refractivity contribution in [3.05, 3.63) is 54.1 Å². The summed E-state index contributed by atoms with van der Waals surface area (Å²) in [6.45, 7) is 7.13. The molecule has 0 unspecified atom stereocenters. The van der Waals surface area contributed by atoms with Gasteiger partial charge in [-0.3, -0.25) is 10.1 Å². The van der Waals surface area contributed by atoms with Crippen LogP contribution in [0.1, 0.15) is 37.6 Å². The first-order chi connectivity index (χ1) is 13.7. The summed E-state index contributed by atoms with van der Waals surface area (Å²) >= 11 is 0. The molecule has 7 heteroatoms. The first-order valence-corrected chi connectivity index (χ1v) is 9.72. The second-order valence-electron chi connectivity index (χ2n) is 8.17. The van der Waals surface area contributed by atoms with Gasteiger partial charge in [0.15, 0.2) is 0 Å². The smallest absolute Gasteiger partial charge is 0.412 e. The third-order valence-electron chi connectivity index (χ3n) is 4.53. The number of hydrogen-bond donors (Lipinski definition) is 3. The van der Waals surface area contributed by atoms with E-state index in [1.165, 1.54) is 0 Å². The number of ether oxygens (including phenoxy) is 1. The molecule has 154 valence electrons. The largest absolute Gasteiger partial charge is 0.444 e. The van der Waals surface area contributed by atoms with Gasteiger partial charge in [-0.1, -0.05) is 12.1 Å². The van der Waals surface area contributed by atoms with Crippen molar-refractivity contribution in [2.24, 2.45) is 5.73 Å². The molecule has 1 atom stereocenters. The van der Waals surface area contributed by atoms with E-state index in [1.54, 1.807) is 57.2 Å². The minimum absolute atomic E-state index is 0.201. The molecule has 1 heterocycles. The van der Waals surface area contributed by atoms with Crippen molar-refractivity contribution in [1.82, 2.24) is 0 Å². The van der Waals surface area contributed by atoms with Gasteiger partial charge in [0.2, 0.25) is 0 Å². The maximum atomic E-state index is 12.7. The molecule has 0 bridgehead atoms. The molecule has 2 aromatic carbocycles. The van der Waals surface area contributed by atoms with Crippen molar-refractivity contribution in [2.45, 2.75) is 38.8 Å². The van der Waals surface area contributed by atoms with Crippen LogP contribution in [0.25, 0.3) is 0 Å². The van der Waals surface area contributed by atoms with Crippen molar-refractivity contribution in [2.75, 3.05) is 28.6 Å². The van der Waals surface area contributed by atoms with E-state index < -0.39 is 11.7 Å². The molecule has 2 amide bonds. The Hall–Kier alpha value is -3.06. The molecular weight excluding hydrogens is 368 g/mol. The van der Waals surface area contributed by atoms with Gasteiger partial charge in [-0.15, -0.1) is 0 Å². The van der Waals surface area contributed by atoms with Crippen LogP contribution in [0.3, 0.4) is 0 Å². The Balaban J connectivity index is 1.67. The van der Waals surface area contributed by atoms with E-state index in [0.29, 0.717) is 16.9 Å². The summed E-state index contributed by atoms with van der Waals surface area (Å²) in [7, 11) is 0. The maximum Gasteiger partial charge on any atom is 0.412 e. The number of anilines is 3. The fraction of sp³-hybridized carbons (Fsp3) is 0.364. The average Bonchev–Trinajstić information content (AvgIpc) is 3.08. The van der Waals surface area contributed by atoms with E-state index in [0.717, 1.165) is 25.2 Å². The molecule has 29 heavy (non-hydrogen) atoms. The summed E-state index contributed by atoms with van der Waals surface area (Å²) in [5.74, 6) is -0.256. The highest BCUT2D eigenvalue weighted by Crippen LogP contribution is 2.24. The van der Waals surface area contributed by atoms with Crippen molar-refractivity contribution in [3.8, 4) is 0 Å². The molecule has 0 saturated carbocycles. The van der Waals surface area contributed by atoms with Crippen LogP contribution in [0.4, 0.5) is 21.9 Å². The number of hydrogen-bond acceptors (Lipinski definition) is 5. The predicted molar refractivity (Wildman–Crippen MR) is 115 cm³/mol. The van der Waals surface area contributed by atoms with Gasteiger partial charge in [0.05, 0.1) is 11.4 Å². The number of nitrogens with zero attached hydrogens (tertiary/aromatic N) is 1. The lowest BCUT2D eigenvalue weighted by Crippen LogP contribution is -2.27. The lowest BCUT2D eigenvalue weighted by molar-refractivity contribution is 0.0635. The number of benzene rings is 2. The molecule has 3 rings (SSSR count). The van der Waals surface area contributed by atoms with Gasteiger partial charge >= 0.3 is 6.09 Å². The Morgan fingerprint density at radius 1 is 1.03 bits per heavy atom. The number of amides is 2. The molecule has 0 aliphatic carbocycles. The first-order valence-electron chi connectivity index (χ1n) is 9.72. The SMILES string of the molecule is CC(C)(C)OC(=O)Nc1ccccc1NC(=O)c1ccc(N2CC[C@H](N)C2)cc1. The molecule has 2 aromatic rings. The highest BCUT2D eigenvalue weighted by Gasteiger charge is 2.20. The van der Waals surface area contributed by atoms with Gasteiger partial charge in [-0.05, 0) is 63.6 Å². The summed E-state index contributed by atoms with van der Waals surface area (Å²) in [4.78, 5) is 27.0. The molecular formula is C22H28N4O3. The summed E-state index contributed by atoms with van der Waals surface area (Å²) in [6, 6.07) is 14.6. The quantitative estimate of drug-likeness (QED) is 0.730. The molecule has 7 nitrogen and oxygen atoms in total. The molecule has 1 aliphatic rings. The topological polar surface area (TPSA) is 96.7 Å². The van der Waals surface area contributed by atoms with Crippen LogP contribution in [-0.2, 0) is 4.74 Å². The Labute approximate surface area is 171 Å². The number of nitrogens with two attached hydrogens (primary N) is 1. The van der Waals surface area contributed by atoms with E-state index in [4.69, 9.17) is 10.5 Å². The van der Waals surface area contributed by atoms with Crippen molar-refractivity contribution in [3.63, 3.8) is 0 Å². The highest BCUT2D eigenvalue weighted by molar-refractivity contribution is 6.07. The Bertz CT molecular complexity index is 874. The van der Waals surface area contributed by atoms with Crippen LogP contribution in [-0.4, -0.2) is 36.7 Å². The van der Waals surface area contributed by atoms with Crippen LogP contribution in [0, 0.1) is 0 Å². The molecule has 1 fully saturated rings. The van der Waals surface area contributed by atoms with Gasteiger partial charge in [0.1, 0.15) is 5.60 Å². The molecule has 0 spiro atoms. The van der Waals surface area contributed by atoms with Gasteiger partial charge < -0.3 is 20.7 Å². The Kier molecular flexibility index (Phi) is 6.08. The summed E-state index contributed by atoms with van der Waals surface area (Å²) in [6.07, 6.45) is 0.399. The number of nitrogens with one attached hydrogen (secondary N) is 2. The number of carbonyl (C=O) groups is 2. The Morgan fingerprint density at radius 2 is 1.66 bits per heavy atom. The second-order valence-corrected chi connectivity index (χ2v) is 8.17. The second kappa shape index (κ2) is 8.53. The molecule has 0 radical (unpaired) electrons. The third kappa shape index (κ3) is 5.71. The first kappa shape index (κ1) is 20.7. The number of rotatable bonds is 4. The summed E-state index contributed by atoms with van der Waals surface area (Å²) in [5, 5.41) is 5.53. The van der Waals surface area contributed by atoms with Crippen LogP contribution >= 0.6 is 0 Å². The zero-order valence-corrected chi connectivity index (χ0v) is 17.1. The predicted octanol–water partition coefficient (Wildman–Crippen LogP) is 3.82. The van der Waals surface area contributed by atoms with Crippen LogP contribution < -0.4 is 21.3 Å². The maximum absolute atomic E-state index is 12.7. The van der Waals surface area contributed by atoms with Crippen LogP contribution in [0.5, 0.6) is 0 Å². The summed E-state index contributed by atoms with van der Waals surface area (Å²) < 4.78 is 5.28. The minimum Gasteiger partial charge on any atom is -0.444 e. The zero-order chi connectivity index (χ0) is 21.0. The lowest BCUT2D eigenvalue weighted by atomic mass is 10.1. The van der Waals surface area contributed by atoms with Gasteiger partial charge in [-0.25, -0.2) is 4.79 Å². The van der Waals surface area contributed by atoms with Crippen LogP contribution in [0.2, 0.25) is 0 Å². The van der Waals surface area contributed by atoms with Gasteiger partial charge in [-0.2, -0.15) is 0 Å². The van der Waals surface area contributed by atoms with E-state index in [9.17, 15) is 9.59 Å². The van der Waals surface area contributed by atoms with Crippen molar-refractivity contribution >= 4 is 29.1 Å². The standard InChI is InChI=1S/C22H28N4O3/c1-22(2,3)29-21(28)25-19-7-5-4-6-18(19)24-20(27)15-8-10-17(11-9-15)26-13-12-16(23)14-26/h4-11,16H,12-14,23H2,1-3H3,(H,24,27)(H,25,28)/t16-/m0/s1. The molecule has 0 aromatic heterocycles. The van der Waals surface area contributed by atoms with Gasteiger partial charge in [0, 0.05) is 30.4 Å². The monoisotopic (exact) mass is 396 g/mol. The highest BCUT2D eigenvalue weighted by atomic mass is 16.6. The van der Waals surface area contributed by atoms with Gasteiger partial charge in [0.25, 0.3) is 5.91 Å². The molecule has 1 aliphatic heterocycles. The minimum atomic E-state index is -0.608. The lowest BCUT2D eigenvalue weighted by Gasteiger charge is -2.20. The fourth-order valence-electron chi connectivity index (χ4n) is 3.15. The molecule has 1 saturated heterocycles. The fourth-order valence-corrected chi connectivity index (χ4v) is 3.15. The van der Waals surface area contributed by atoms with Crippen molar-refractivity contribution < 1.29 is 14.3 Å². The third-order valence-corrected chi connectivity index (χ3v) is 4.53. The molecule has 4 N–H and O–H groups in total. The zero-order valence-electron chi connectivity index (χ0n) is 17.1. The average molecular weight is 396 g/mol. The van der Waals surface area contributed by atoms with E-state index in [-0.39, 0.29) is 11.9 Å². The Morgan fingerprint density at radius 3 is 2.21 bits per heavy atom. The van der Waals surface area contributed by atoms with Crippen LogP contribution in [0.15, 0.2) is 48.5 Å². The van der Waals surface area contributed by atoms with E-state index in [2.05, 4.69) is 15.5 Å². The number of para-hydroxylation sites is 2. The number of carbonyl (C=O) groups excluding carboxylic acids is 2.